The highest BCUT2D eigenvalue weighted by atomic mass is 16.3. The normalized spacial score (nSPS) is 9.69. The molecule has 1 atom stereocenters. The van der Waals surface area contributed by atoms with Gasteiger partial charge in [0.25, 0.3) is 0 Å². The van der Waals surface area contributed by atoms with Crippen LogP contribution in [-0.2, 0) is 0 Å². The summed E-state index contributed by atoms with van der Waals surface area (Å²) in [4.78, 5) is 9.94. The van der Waals surface area contributed by atoms with Gasteiger partial charge in [-0.2, -0.15) is 0 Å². The molecule has 0 rings (SSSR count). The zero-order valence-corrected chi connectivity index (χ0v) is 8.87. The van der Waals surface area contributed by atoms with E-state index in [1.807, 2.05) is 27.7 Å². The molecule has 0 saturated heterocycles. The maximum atomic E-state index is 9.94. The Bertz CT molecular complexity index is 99.4. The van der Waals surface area contributed by atoms with E-state index in [0.29, 0.717) is 0 Å². The minimum Gasteiger partial charge on any atom is -0.394 e. The van der Waals surface area contributed by atoms with Crippen LogP contribution in [0.4, 0.5) is 4.79 Å². The third-order valence-corrected chi connectivity index (χ3v) is 0.723. The van der Waals surface area contributed by atoms with E-state index in [1.54, 1.807) is 0 Å². The van der Waals surface area contributed by atoms with E-state index in [4.69, 9.17) is 10.2 Å². The predicted molar refractivity (Wildman–Crippen MR) is 53.4 cm³/mol. The second kappa shape index (κ2) is 17.3. The van der Waals surface area contributed by atoms with E-state index in [2.05, 4.69) is 11.1 Å². The number of rotatable bonds is 3. The zero-order chi connectivity index (χ0) is 11.3. The average Bonchev–Trinajstić information content (AvgIpc) is 2.20. The van der Waals surface area contributed by atoms with Crippen LogP contribution in [0, 0.1) is 0 Å². The Kier molecular flexibility index (Phi) is 24.1. The number of urea groups is 1. The lowest BCUT2D eigenvalue weighted by molar-refractivity contribution is 0.0963. The van der Waals surface area contributed by atoms with Crippen LogP contribution in [0.25, 0.3) is 0 Å². The van der Waals surface area contributed by atoms with Crippen LogP contribution in [0.5, 0.6) is 0 Å². The molecule has 2 amide bonds. The molecule has 0 aromatic rings. The molecule has 0 aromatic carbocycles. The molecule has 0 aliphatic rings. The summed E-state index contributed by atoms with van der Waals surface area (Å²) in [6, 6.07) is -0.706. The van der Waals surface area contributed by atoms with Crippen molar-refractivity contribution in [2.75, 3.05) is 13.2 Å². The van der Waals surface area contributed by atoms with Crippen molar-refractivity contribution in [1.29, 1.82) is 0 Å². The second-order valence-corrected chi connectivity index (χ2v) is 1.58. The molecular weight excluding hydrogens is 172 g/mol. The van der Waals surface area contributed by atoms with Crippen molar-refractivity contribution in [3.05, 3.63) is 0 Å². The maximum Gasteiger partial charge on any atom is 0.312 e. The molecule has 82 valence electrons. The van der Waals surface area contributed by atoms with Crippen molar-refractivity contribution < 1.29 is 15.0 Å². The number of hydrogen-bond donors (Lipinski definition) is 4. The Morgan fingerprint density at radius 3 is 2.00 bits per heavy atom. The molecule has 1 unspecified atom stereocenters. The molecule has 5 N–H and O–H groups in total. The summed E-state index contributed by atoms with van der Waals surface area (Å²) in [5, 5.41) is 18.9. The largest absolute Gasteiger partial charge is 0.394 e. The van der Waals surface area contributed by atoms with Gasteiger partial charge in [-0.05, 0) is 0 Å². The fourth-order valence-corrected chi connectivity index (χ4v) is 0.283. The van der Waals surface area contributed by atoms with E-state index in [0.717, 1.165) is 0 Å². The van der Waals surface area contributed by atoms with E-state index < -0.39 is 12.1 Å². The molecule has 0 saturated carbocycles. The van der Waals surface area contributed by atoms with Gasteiger partial charge in [-0.3, -0.25) is 0 Å². The molecule has 0 fully saturated rings. The highest BCUT2D eigenvalue weighted by Crippen LogP contribution is 1.74. The van der Waals surface area contributed by atoms with E-state index >= 15 is 0 Å². The summed E-state index contributed by atoms with van der Waals surface area (Å²) in [5.74, 6) is 0. The summed E-state index contributed by atoms with van der Waals surface area (Å²) >= 11 is 0. The van der Waals surface area contributed by atoms with Gasteiger partial charge in [-0.25, -0.2) is 4.79 Å². The number of aliphatic hydroxyl groups is 2. The van der Waals surface area contributed by atoms with Crippen LogP contribution < -0.4 is 11.1 Å². The van der Waals surface area contributed by atoms with Crippen LogP contribution >= 0.6 is 0 Å². The summed E-state index contributed by atoms with van der Waals surface area (Å²) in [6.07, 6.45) is -0.919. The van der Waals surface area contributed by atoms with Crippen LogP contribution in [0.1, 0.15) is 27.7 Å². The molecule has 13 heavy (non-hydrogen) atoms. The summed E-state index contributed by atoms with van der Waals surface area (Å²) in [7, 11) is 0. The van der Waals surface area contributed by atoms with Crippen molar-refractivity contribution in [2.24, 2.45) is 5.73 Å². The first-order valence-corrected chi connectivity index (χ1v) is 4.49. The minimum absolute atomic E-state index is 0.00810. The minimum atomic E-state index is -0.919. The van der Waals surface area contributed by atoms with Gasteiger partial charge in [0.1, 0.15) is 0 Å². The lowest BCUT2D eigenvalue weighted by atomic mass is 10.4. The van der Waals surface area contributed by atoms with Crippen molar-refractivity contribution in [3.8, 4) is 0 Å². The number of nitrogens with two attached hydrogens (primary N) is 1. The molecule has 0 radical (unpaired) electrons. The predicted octanol–water partition coefficient (Wildman–Crippen LogP) is 0.0603. The Labute approximate surface area is 79.9 Å². The highest BCUT2D eigenvalue weighted by Gasteiger charge is 2.00. The van der Waals surface area contributed by atoms with Crippen molar-refractivity contribution in [1.82, 2.24) is 5.32 Å². The molecule has 0 bridgehead atoms. The first-order valence-electron chi connectivity index (χ1n) is 4.49. The summed E-state index contributed by atoms with van der Waals surface area (Å²) < 4.78 is 0. The number of primary amides is 1. The van der Waals surface area contributed by atoms with Gasteiger partial charge in [0.2, 0.25) is 0 Å². The zero-order valence-electron chi connectivity index (χ0n) is 8.87. The van der Waals surface area contributed by atoms with E-state index in [1.165, 1.54) is 0 Å². The fourth-order valence-electron chi connectivity index (χ4n) is 0.283. The highest BCUT2D eigenvalue weighted by molar-refractivity contribution is 5.71. The topological polar surface area (TPSA) is 95.6 Å². The van der Waals surface area contributed by atoms with Crippen molar-refractivity contribution >= 4 is 6.03 Å². The lowest BCUT2D eigenvalue weighted by Crippen LogP contribution is -2.37. The number of carbonyl (C=O) groups is 1. The van der Waals surface area contributed by atoms with Gasteiger partial charge in [-0.15, -0.1) is 0 Å². The van der Waals surface area contributed by atoms with Crippen LogP contribution in [0.15, 0.2) is 0 Å². The van der Waals surface area contributed by atoms with E-state index in [-0.39, 0.29) is 13.2 Å². The average molecular weight is 194 g/mol. The number of nitrogens with one attached hydrogen (secondary N) is 1. The Balaban J connectivity index is -0.000000218. The Morgan fingerprint density at radius 1 is 1.38 bits per heavy atom. The molecule has 0 aliphatic heterocycles. The number of aliphatic hydroxyl groups excluding tert-OH is 2. The van der Waals surface area contributed by atoms with Crippen LogP contribution in [0.3, 0.4) is 0 Å². The Morgan fingerprint density at radius 2 is 1.77 bits per heavy atom. The van der Waals surface area contributed by atoms with Gasteiger partial charge in [-0.1, -0.05) is 27.7 Å². The number of hydrogen-bond acceptors (Lipinski definition) is 3. The molecule has 0 heterocycles. The number of amides is 2. The molecule has 0 aliphatic carbocycles. The molecule has 0 aromatic heterocycles. The van der Waals surface area contributed by atoms with Crippen LogP contribution in [-0.4, -0.2) is 35.5 Å². The summed E-state index contributed by atoms with van der Waals surface area (Å²) in [6.45, 7) is 7.62. The number of carbonyl (C=O) groups excluding carboxylic acids is 1. The standard InChI is InChI=1S/C4H10N2O3.2C2H6/c5-4(9)6-1-3(8)2-7;2*1-2/h3,7-8H,1-2H2,(H3,5,6,9);2*1-2H3. The first-order chi connectivity index (χ1) is 6.16. The van der Waals surface area contributed by atoms with Gasteiger partial charge in [0, 0.05) is 6.54 Å². The molecule has 5 nitrogen and oxygen atoms in total. The SMILES string of the molecule is CC.CC.NC(=O)NCC(O)CO. The summed E-state index contributed by atoms with van der Waals surface area (Å²) in [5.41, 5.74) is 4.65. The third kappa shape index (κ3) is 24.7. The monoisotopic (exact) mass is 194 g/mol. The van der Waals surface area contributed by atoms with Crippen molar-refractivity contribution in [2.45, 2.75) is 33.8 Å². The van der Waals surface area contributed by atoms with Gasteiger partial charge in [0.15, 0.2) is 0 Å². The van der Waals surface area contributed by atoms with Gasteiger partial charge < -0.3 is 21.3 Å². The first kappa shape index (κ1) is 18.1. The quantitative estimate of drug-likeness (QED) is 0.511. The van der Waals surface area contributed by atoms with Gasteiger partial charge in [0.05, 0.1) is 12.7 Å². The van der Waals surface area contributed by atoms with Gasteiger partial charge >= 0.3 is 6.03 Å². The molecular formula is C8H22N2O3. The molecule has 0 spiro atoms. The fraction of sp³-hybridized carbons (Fsp3) is 0.875. The smallest absolute Gasteiger partial charge is 0.312 e. The third-order valence-electron chi connectivity index (χ3n) is 0.723. The van der Waals surface area contributed by atoms with E-state index in [9.17, 15) is 4.79 Å². The lowest BCUT2D eigenvalue weighted by Gasteiger charge is -2.05. The second-order valence-electron chi connectivity index (χ2n) is 1.58. The maximum absolute atomic E-state index is 9.94. The van der Waals surface area contributed by atoms with Crippen molar-refractivity contribution in [3.63, 3.8) is 0 Å². The Hall–Kier alpha value is -0.810. The molecule has 5 heteroatoms. The van der Waals surface area contributed by atoms with Crippen LogP contribution in [0.2, 0.25) is 0 Å².